The summed E-state index contributed by atoms with van der Waals surface area (Å²) in [6.07, 6.45) is -4.19. The molecule has 94 valence electrons. The monoisotopic (exact) mass is 241 g/mol. The lowest BCUT2D eigenvalue weighted by Crippen LogP contribution is -1.92. The van der Waals surface area contributed by atoms with Crippen LogP contribution in [-0.4, -0.2) is 0 Å². The van der Waals surface area contributed by atoms with Crippen molar-refractivity contribution >= 4 is 11.4 Å². The van der Waals surface area contributed by atoms with E-state index in [-0.39, 0.29) is 0 Å². The Balaban J connectivity index is 0. The number of nitrogens with one attached hydrogen (secondary N) is 1. The third-order valence-electron chi connectivity index (χ3n) is 2.46. The van der Waals surface area contributed by atoms with Crippen molar-refractivity contribution in [1.29, 1.82) is 0 Å². The second-order valence-corrected chi connectivity index (χ2v) is 3.47. The van der Waals surface area contributed by atoms with Crippen LogP contribution < -0.4 is 5.32 Å². The summed E-state index contributed by atoms with van der Waals surface area (Å²) in [6, 6.07) is 13.9. The fourth-order valence-electron chi connectivity index (χ4n) is 1.68. The standard InChI is InChI=1S/C14H13N.2CH4.2H2/c1-3-7-13-11(5-1)9-10-12-6-2-4-8-14(12)15-13;;;;/h1-8,15H,9-10H2;2*1H4;2*1H/i9D2,10D2;2*1D;2*1+1D. The van der Waals surface area contributed by atoms with Crippen LogP contribution in [0.15, 0.2) is 48.5 Å². The van der Waals surface area contributed by atoms with Gasteiger partial charge in [-0.1, -0.05) is 51.2 Å². The summed E-state index contributed by atoms with van der Waals surface area (Å²) >= 11 is 0. The zero-order chi connectivity index (χ0) is 21.7. The molecular weight excluding hydrogens is 206 g/mol. The number of para-hydroxylation sites is 2. The lowest BCUT2D eigenvalue weighted by Gasteiger charge is -2.08. The Labute approximate surface area is 119 Å². The average Bonchev–Trinajstić information content (AvgIpc) is 2.80. The summed E-state index contributed by atoms with van der Waals surface area (Å²) in [5.74, 6) is 0. The van der Waals surface area contributed by atoms with Crippen molar-refractivity contribution in [2.24, 2.45) is 0 Å². The van der Waals surface area contributed by atoms with Crippen molar-refractivity contribution < 1.29 is 14.2 Å². The first-order chi connectivity index (χ1) is 12.9. The van der Waals surface area contributed by atoms with Crippen LogP contribution in [0.5, 0.6) is 0 Å². The highest BCUT2D eigenvalue weighted by Gasteiger charge is 2.10. The first-order valence-corrected chi connectivity index (χ1v) is 4.90. The number of aryl methyl sites for hydroxylation is 2. The largest absolute Gasteiger partial charge is 0.355 e. The lowest BCUT2D eigenvalue weighted by molar-refractivity contribution is 0.977. The molecule has 0 amide bonds. The number of fused-ring (bicyclic) bond motifs is 2. The smallest absolute Gasteiger partial charge is 0.0416 e. The van der Waals surface area contributed by atoms with E-state index < -0.39 is 12.7 Å². The molecule has 0 aromatic heterocycles. The quantitative estimate of drug-likeness (QED) is 0.660. The highest BCUT2D eigenvalue weighted by molar-refractivity contribution is 5.67. The van der Waals surface area contributed by atoms with Gasteiger partial charge in [0.05, 0.1) is 0 Å². The SMILES string of the molecule is [2H]C.[2H]C.[2H]C1([2H])c2ccccc2Nc2ccccc2C1([2H])[2H].[2H][2H].[2H][2H]. The van der Waals surface area contributed by atoms with Crippen LogP contribution in [0.3, 0.4) is 0 Å². The van der Waals surface area contributed by atoms with E-state index in [1.165, 1.54) is 14.8 Å². The van der Waals surface area contributed by atoms with E-state index in [4.69, 9.17) is 14.2 Å². The fourth-order valence-corrected chi connectivity index (χ4v) is 1.68. The Bertz CT molecular complexity index is 593. The van der Waals surface area contributed by atoms with Crippen molar-refractivity contribution in [1.82, 2.24) is 0 Å². The van der Waals surface area contributed by atoms with E-state index in [1.54, 1.807) is 36.4 Å². The minimum absolute atomic E-state index is 0.344. The zero-order valence-electron chi connectivity index (χ0n) is 20.1. The van der Waals surface area contributed by atoms with Gasteiger partial charge in [-0.05, 0) is 36.0 Å². The Morgan fingerprint density at radius 2 is 1.35 bits per heavy atom. The van der Waals surface area contributed by atoms with Crippen molar-refractivity contribution in [2.75, 3.05) is 5.32 Å². The van der Waals surface area contributed by atoms with Crippen molar-refractivity contribution in [3.8, 4) is 0 Å². The number of hydrogen-bond acceptors (Lipinski definition) is 1. The number of benzene rings is 2. The maximum Gasteiger partial charge on any atom is 0.0416 e. The van der Waals surface area contributed by atoms with Gasteiger partial charge in [-0.2, -0.15) is 0 Å². The number of rotatable bonds is 0. The van der Waals surface area contributed by atoms with E-state index in [0.717, 1.165) is 0 Å². The zero-order valence-corrected chi connectivity index (χ0v) is 10.1. The highest BCUT2D eigenvalue weighted by Crippen LogP contribution is 2.29. The Morgan fingerprint density at radius 3 is 1.82 bits per heavy atom. The molecule has 0 saturated carbocycles. The molecular formula is C16H25N. The normalized spacial score (nSPS) is 22.9. The van der Waals surface area contributed by atoms with Crippen LogP contribution in [0.25, 0.3) is 0 Å². The molecule has 0 fully saturated rings. The topological polar surface area (TPSA) is 12.0 Å². The molecule has 2 aromatic carbocycles. The van der Waals surface area contributed by atoms with Gasteiger partial charge in [0.2, 0.25) is 0 Å². The van der Waals surface area contributed by atoms with Gasteiger partial charge in [-0.3, -0.25) is 0 Å². The van der Waals surface area contributed by atoms with E-state index in [1.807, 2.05) is 12.1 Å². The molecule has 0 aliphatic carbocycles. The lowest BCUT2D eigenvalue weighted by atomic mass is 10.0. The van der Waals surface area contributed by atoms with Gasteiger partial charge in [0, 0.05) is 25.5 Å². The average molecular weight is 241 g/mol. The summed E-state index contributed by atoms with van der Waals surface area (Å²) < 4.78 is 64.4. The van der Waals surface area contributed by atoms with Crippen LogP contribution in [0, 0.1) is 0 Å². The third kappa shape index (κ3) is 2.50. The molecule has 0 saturated heterocycles. The molecule has 0 radical (unpaired) electrons. The number of hydrogen-bond donors (Lipinski definition) is 1. The molecule has 1 heterocycles. The molecule has 2 aromatic rings. The summed E-state index contributed by atoms with van der Waals surface area (Å²) in [4.78, 5) is 0. The van der Waals surface area contributed by atoms with E-state index in [9.17, 15) is 0 Å². The van der Waals surface area contributed by atoms with Crippen molar-refractivity contribution in [3.05, 3.63) is 59.7 Å². The Morgan fingerprint density at radius 1 is 0.941 bits per heavy atom. The van der Waals surface area contributed by atoms with Crippen LogP contribution >= 0.6 is 0 Å². The maximum atomic E-state index is 8.23. The number of anilines is 2. The van der Waals surface area contributed by atoms with Crippen molar-refractivity contribution in [2.45, 2.75) is 27.6 Å². The van der Waals surface area contributed by atoms with Gasteiger partial charge in [-0.25, -0.2) is 0 Å². The minimum Gasteiger partial charge on any atom is -0.355 e. The summed E-state index contributed by atoms with van der Waals surface area (Å²) in [7, 11) is 2.50. The van der Waals surface area contributed by atoms with Crippen LogP contribution in [0.2, 0.25) is 0 Å². The van der Waals surface area contributed by atoms with Gasteiger partial charge in [0.25, 0.3) is 0 Å². The fraction of sp³-hybridized carbons (Fsp3) is 0.250. The van der Waals surface area contributed by atoms with Gasteiger partial charge in [0.15, 0.2) is 0 Å². The molecule has 0 spiro atoms. The van der Waals surface area contributed by atoms with Gasteiger partial charge < -0.3 is 5.32 Å². The van der Waals surface area contributed by atoms with Crippen LogP contribution in [0.4, 0.5) is 11.4 Å². The van der Waals surface area contributed by atoms with Gasteiger partial charge in [-0.15, -0.1) is 0 Å². The molecule has 1 N–H and O–H groups in total. The molecule has 1 nitrogen and oxygen atoms in total. The minimum atomic E-state index is -2.09. The molecule has 17 heavy (non-hydrogen) atoms. The first kappa shape index (κ1) is 5.72. The van der Waals surface area contributed by atoms with Gasteiger partial charge in [0.1, 0.15) is 0 Å². The summed E-state index contributed by atoms with van der Waals surface area (Å²) in [5.41, 5.74) is 1.91. The summed E-state index contributed by atoms with van der Waals surface area (Å²) in [5, 5.41) is 3.13. The first-order valence-electron chi connectivity index (χ1n) is 10.9. The molecule has 1 heteroatoms. The predicted octanol–water partition coefficient (Wildman–Crippen LogP) is 5.29. The van der Waals surface area contributed by atoms with Crippen LogP contribution in [0.1, 0.15) is 40.1 Å². The molecule has 0 atom stereocenters. The summed E-state index contributed by atoms with van der Waals surface area (Å²) in [6.45, 7) is 0. The maximum absolute atomic E-state index is 8.23. The van der Waals surface area contributed by atoms with Gasteiger partial charge >= 0.3 is 0 Å². The van der Waals surface area contributed by atoms with Crippen LogP contribution in [-0.2, 0) is 12.7 Å². The second-order valence-electron chi connectivity index (χ2n) is 3.47. The van der Waals surface area contributed by atoms with E-state index in [2.05, 4.69) is 5.32 Å². The Hall–Kier alpha value is -1.76. The molecule has 1 aliphatic rings. The van der Waals surface area contributed by atoms with E-state index in [0.29, 0.717) is 22.5 Å². The predicted molar refractivity (Wildman–Crippen MR) is 81.3 cm³/mol. The van der Waals surface area contributed by atoms with E-state index >= 15 is 0 Å². The highest BCUT2D eigenvalue weighted by atomic mass is 14.9. The third-order valence-corrected chi connectivity index (χ3v) is 2.46. The van der Waals surface area contributed by atoms with Crippen molar-refractivity contribution in [3.63, 3.8) is 0 Å². The molecule has 3 rings (SSSR count). The Kier molecular flexibility index (Phi) is 1.86. The molecule has 0 bridgehead atoms. The molecule has 1 aliphatic heterocycles. The molecule has 0 unspecified atom stereocenters. The second kappa shape index (κ2) is 5.53.